The minimum absolute atomic E-state index is 0.0471. The van der Waals surface area contributed by atoms with Crippen LogP contribution in [0.25, 0.3) is 0 Å². The van der Waals surface area contributed by atoms with E-state index < -0.39 is 19.0 Å². The number of rotatable bonds is 6. The second-order valence-corrected chi connectivity index (χ2v) is 7.19. The van der Waals surface area contributed by atoms with Crippen LogP contribution in [-0.4, -0.2) is 21.6 Å². The van der Waals surface area contributed by atoms with E-state index in [1.165, 1.54) is 6.92 Å². The molecule has 0 aliphatic heterocycles. The van der Waals surface area contributed by atoms with Crippen molar-refractivity contribution in [3.63, 3.8) is 0 Å². The van der Waals surface area contributed by atoms with Crippen molar-refractivity contribution in [2.75, 3.05) is 0 Å². The number of hydrogen-bond donors (Lipinski definition) is 2. The molecule has 0 aliphatic rings. The predicted octanol–water partition coefficient (Wildman–Crippen LogP) is 2.88. The quantitative estimate of drug-likeness (QED) is 0.779. The maximum Gasteiger partial charge on any atom is 0.304 e. The minimum Gasteiger partial charge on any atom is -0.481 e. The van der Waals surface area contributed by atoms with E-state index in [4.69, 9.17) is 5.11 Å². The molecule has 0 saturated heterocycles. The smallest absolute Gasteiger partial charge is 0.304 e. The summed E-state index contributed by atoms with van der Waals surface area (Å²) in [5.74, 6) is -1.04. The van der Waals surface area contributed by atoms with Gasteiger partial charge in [0.2, 0.25) is 7.37 Å². The summed E-state index contributed by atoms with van der Waals surface area (Å²) in [5.41, 5.74) is 1.15. The Kier molecular flexibility index (Phi) is 5.12. The van der Waals surface area contributed by atoms with Gasteiger partial charge < -0.3 is 10.00 Å². The van der Waals surface area contributed by atoms with Crippen LogP contribution in [0.4, 0.5) is 0 Å². The fourth-order valence-corrected chi connectivity index (χ4v) is 3.40. The molecule has 0 fully saturated rings. The van der Waals surface area contributed by atoms with Gasteiger partial charge in [0.15, 0.2) is 0 Å². The topological polar surface area (TPSA) is 74.6 Å². The molecule has 0 radical (unpaired) electrons. The summed E-state index contributed by atoms with van der Waals surface area (Å²) in [4.78, 5) is 20.6. The van der Waals surface area contributed by atoms with Crippen LogP contribution >= 0.6 is 7.37 Å². The molecular formula is C13H19O4P. The van der Waals surface area contributed by atoms with E-state index in [2.05, 4.69) is 0 Å². The van der Waals surface area contributed by atoms with E-state index >= 15 is 0 Å². The monoisotopic (exact) mass is 270 g/mol. The van der Waals surface area contributed by atoms with Gasteiger partial charge in [-0.2, -0.15) is 0 Å². The van der Waals surface area contributed by atoms with Crippen LogP contribution in [0.3, 0.4) is 0 Å². The molecule has 5 heteroatoms. The van der Waals surface area contributed by atoms with E-state index in [9.17, 15) is 14.3 Å². The summed E-state index contributed by atoms with van der Waals surface area (Å²) in [7, 11) is -3.48. The van der Waals surface area contributed by atoms with E-state index in [1.54, 1.807) is 0 Å². The molecule has 18 heavy (non-hydrogen) atoms. The van der Waals surface area contributed by atoms with E-state index in [0.29, 0.717) is 0 Å². The van der Waals surface area contributed by atoms with Crippen LogP contribution in [0.5, 0.6) is 0 Å². The number of carboxylic acid groups (broad SMARTS) is 1. The molecule has 2 unspecified atom stereocenters. The second-order valence-electron chi connectivity index (χ2n) is 4.48. The van der Waals surface area contributed by atoms with Gasteiger partial charge in [-0.25, -0.2) is 0 Å². The van der Waals surface area contributed by atoms with Gasteiger partial charge in [0.05, 0.1) is 12.6 Å². The third kappa shape index (κ3) is 3.97. The van der Waals surface area contributed by atoms with Crippen molar-refractivity contribution in [3.05, 3.63) is 35.4 Å². The molecule has 1 aromatic rings. The average molecular weight is 270 g/mol. The Morgan fingerprint density at radius 2 is 1.89 bits per heavy atom. The summed E-state index contributed by atoms with van der Waals surface area (Å²) < 4.78 is 12.2. The number of aryl methyl sites for hydroxylation is 1. The summed E-state index contributed by atoms with van der Waals surface area (Å²) in [5, 5.41) is 8.68. The molecule has 2 atom stereocenters. The number of benzene rings is 1. The third-order valence-corrected chi connectivity index (χ3v) is 5.41. The maximum atomic E-state index is 12.2. The zero-order chi connectivity index (χ0) is 13.8. The molecule has 1 aromatic carbocycles. The number of carbonyl (C=O) groups is 1. The molecule has 0 heterocycles. The van der Waals surface area contributed by atoms with Gasteiger partial charge in [-0.05, 0) is 17.5 Å². The highest BCUT2D eigenvalue weighted by atomic mass is 31.2. The Balaban J connectivity index is 2.88. The first-order valence-electron chi connectivity index (χ1n) is 5.97. The van der Waals surface area contributed by atoms with Crippen molar-refractivity contribution < 1.29 is 19.4 Å². The highest BCUT2D eigenvalue weighted by molar-refractivity contribution is 7.57. The third-order valence-electron chi connectivity index (χ3n) is 3.05. The van der Waals surface area contributed by atoms with Crippen LogP contribution in [-0.2, 0) is 21.9 Å². The molecule has 0 spiro atoms. The first-order chi connectivity index (χ1) is 8.36. The van der Waals surface area contributed by atoms with Gasteiger partial charge in [-0.1, -0.05) is 38.1 Å². The lowest BCUT2D eigenvalue weighted by Crippen LogP contribution is -2.12. The normalized spacial score (nSPS) is 15.9. The zero-order valence-corrected chi connectivity index (χ0v) is 11.6. The van der Waals surface area contributed by atoms with Crippen molar-refractivity contribution >= 4 is 13.3 Å². The first kappa shape index (κ1) is 14.9. The van der Waals surface area contributed by atoms with Crippen molar-refractivity contribution in [3.8, 4) is 0 Å². The standard InChI is InChI=1S/C13H19O4P/c1-3-11-6-4-5-7-12(11)9-18(16,17)10(2)8-13(14)15/h4-7,10H,3,8-9H2,1-2H3,(H,14,15)(H,16,17). The molecule has 4 nitrogen and oxygen atoms in total. The van der Waals surface area contributed by atoms with Gasteiger partial charge in [-0.3, -0.25) is 9.36 Å². The summed E-state index contributed by atoms with van der Waals surface area (Å²) >= 11 is 0. The minimum atomic E-state index is -3.48. The van der Waals surface area contributed by atoms with Crippen LogP contribution < -0.4 is 0 Å². The summed E-state index contributed by atoms with van der Waals surface area (Å²) in [6.45, 7) is 3.51. The molecule has 100 valence electrons. The second kappa shape index (κ2) is 6.17. The Bertz CT molecular complexity index is 470. The molecule has 1 rings (SSSR count). The largest absolute Gasteiger partial charge is 0.481 e. The lowest BCUT2D eigenvalue weighted by Gasteiger charge is -2.19. The van der Waals surface area contributed by atoms with Crippen LogP contribution in [0.15, 0.2) is 24.3 Å². The Morgan fingerprint density at radius 1 is 1.33 bits per heavy atom. The number of aliphatic carboxylic acids is 1. The summed E-state index contributed by atoms with van der Waals surface area (Å²) in [6.07, 6.45) is 0.566. The molecule has 0 bridgehead atoms. The Hall–Kier alpha value is -1.12. The zero-order valence-electron chi connectivity index (χ0n) is 10.7. The van der Waals surface area contributed by atoms with Crippen LogP contribution in [0, 0.1) is 0 Å². The molecule has 0 aromatic heterocycles. The molecule has 0 saturated carbocycles. The number of hydrogen-bond acceptors (Lipinski definition) is 2. The fourth-order valence-electron chi connectivity index (χ4n) is 1.85. The van der Waals surface area contributed by atoms with Crippen molar-refractivity contribution in [1.82, 2.24) is 0 Å². The van der Waals surface area contributed by atoms with Gasteiger partial charge >= 0.3 is 5.97 Å². The SMILES string of the molecule is CCc1ccccc1CP(=O)(O)C(C)CC(=O)O. The average Bonchev–Trinajstić information content (AvgIpc) is 2.28. The van der Waals surface area contributed by atoms with E-state index in [1.807, 2.05) is 31.2 Å². The van der Waals surface area contributed by atoms with Gasteiger partial charge in [0.1, 0.15) is 0 Å². The highest BCUT2D eigenvalue weighted by Gasteiger charge is 2.29. The van der Waals surface area contributed by atoms with Crippen molar-refractivity contribution in [1.29, 1.82) is 0 Å². The van der Waals surface area contributed by atoms with Gasteiger partial charge in [0.25, 0.3) is 0 Å². The molecule has 2 N–H and O–H groups in total. The van der Waals surface area contributed by atoms with E-state index in [-0.39, 0.29) is 12.6 Å². The maximum absolute atomic E-state index is 12.2. The highest BCUT2D eigenvalue weighted by Crippen LogP contribution is 2.51. The molecular weight excluding hydrogens is 251 g/mol. The Labute approximate surface area is 107 Å². The predicted molar refractivity (Wildman–Crippen MR) is 71.1 cm³/mol. The van der Waals surface area contributed by atoms with Crippen LogP contribution in [0.1, 0.15) is 31.4 Å². The lowest BCUT2D eigenvalue weighted by atomic mass is 10.1. The molecule has 0 amide bonds. The van der Waals surface area contributed by atoms with Crippen LogP contribution in [0.2, 0.25) is 0 Å². The van der Waals surface area contributed by atoms with Crippen molar-refractivity contribution in [2.24, 2.45) is 0 Å². The van der Waals surface area contributed by atoms with Crippen molar-refractivity contribution in [2.45, 2.75) is 38.5 Å². The number of carboxylic acids is 1. The van der Waals surface area contributed by atoms with Gasteiger partial charge in [0, 0.05) is 5.66 Å². The summed E-state index contributed by atoms with van der Waals surface area (Å²) in [6, 6.07) is 7.48. The Morgan fingerprint density at radius 3 is 2.39 bits per heavy atom. The van der Waals surface area contributed by atoms with E-state index in [0.717, 1.165) is 17.5 Å². The lowest BCUT2D eigenvalue weighted by molar-refractivity contribution is -0.137. The van der Waals surface area contributed by atoms with Gasteiger partial charge in [-0.15, -0.1) is 0 Å². The fraction of sp³-hybridized carbons (Fsp3) is 0.462. The molecule has 0 aliphatic carbocycles. The first-order valence-corrected chi connectivity index (χ1v) is 7.88.